The van der Waals surface area contributed by atoms with Gasteiger partial charge in [0.1, 0.15) is 17.9 Å². The van der Waals surface area contributed by atoms with E-state index < -0.39 is 0 Å². The van der Waals surface area contributed by atoms with Gasteiger partial charge in [-0.1, -0.05) is 17.7 Å². The molecule has 2 heterocycles. The molecule has 2 aromatic rings. The molecule has 0 radical (unpaired) electrons. The van der Waals surface area contributed by atoms with Gasteiger partial charge in [0.15, 0.2) is 5.75 Å². The number of hydrogen-bond donors (Lipinski definition) is 0. The van der Waals surface area contributed by atoms with E-state index >= 15 is 0 Å². The highest BCUT2D eigenvalue weighted by molar-refractivity contribution is 6.32. The zero-order chi connectivity index (χ0) is 15.9. The van der Waals surface area contributed by atoms with Crippen LogP contribution in [0.25, 0.3) is 0 Å². The van der Waals surface area contributed by atoms with Crippen LogP contribution in [0.15, 0.2) is 28.7 Å². The first-order valence-electron chi connectivity index (χ1n) is 6.79. The van der Waals surface area contributed by atoms with Crippen molar-refractivity contribution in [3.8, 4) is 11.8 Å². The standard InChI is InChI=1S/C16H13ClN2O3/c1-9-8-19(14-5-3-4-13(17)15(14)21-9)16(20)12-6-11(7-18)22-10(12)2/h3-6,9H,8H2,1-2H3. The van der Waals surface area contributed by atoms with Crippen LogP contribution in [0.2, 0.25) is 5.02 Å². The van der Waals surface area contributed by atoms with Crippen molar-refractivity contribution in [3.05, 3.63) is 46.4 Å². The number of hydrogen-bond acceptors (Lipinski definition) is 4. The van der Waals surface area contributed by atoms with E-state index in [0.29, 0.717) is 34.3 Å². The van der Waals surface area contributed by atoms with Gasteiger partial charge in [0.2, 0.25) is 5.76 Å². The second-order valence-corrected chi connectivity index (χ2v) is 5.53. The molecule has 0 spiro atoms. The molecule has 0 saturated heterocycles. The van der Waals surface area contributed by atoms with Crippen molar-refractivity contribution in [2.45, 2.75) is 20.0 Å². The zero-order valence-electron chi connectivity index (χ0n) is 12.1. The third-order valence-corrected chi connectivity index (χ3v) is 3.80. The number of amides is 1. The van der Waals surface area contributed by atoms with E-state index in [-0.39, 0.29) is 17.8 Å². The van der Waals surface area contributed by atoms with Crippen LogP contribution in [0.1, 0.15) is 28.8 Å². The summed E-state index contributed by atoms with van der Waals surface area (Å²) in [7, 11) is 0. The number of furan rings is 1. The third-order valence-electron chi connectivity index (χ3n) is 3.50. The Morgan fingerprint density at radius 3 is 2.95 bits per heavy atom. The summed E-state index contributed by atoms with van der Waals surface area (Å²) in [6.07, 6.45) is -0.181. The predicted octanol–water partition coefficient (Wildman–Crippen LogP) is 3.54. The van der Waals surface area contributed by atoms with Crippen molar-refractivity contribution in [2.24, 2.45) is 0 Å². The van der Waals surface area contributed by atoms with E-state index in [4.69, 9.17) is 26.0 Å². The van der Waals surface area contributed by atoms with Crippen molar-refractivity contribution in [1.82, 2.24) is 0 Å². The number of nitrogens with zero attached hydrogens (tertiary/aromatic N) is 2. The summed E-state index contributed by atoms with van der Waals surface area (Å²) in [5.74, 6) is 0.803. The Morgan fingerprint density at radius 2 is 2.27 bits per heavy atom. The van der Waals surface area contributed by atoms with Crippen LogP contribution in [0, 0.1) is 18.3 Å². The fraction of sp³-hybridized carbons (Fsp3) is 0.250. The van der Waals surface area contributed by atoms with Gasteiger partial charge >= 0.3 is 0 Å². The Kier molecular flexibility index (Phi) is 3.55. The van der Waals surface area contributed by atoms with Gasteiger partial charge in [0, 0.05) is 6.07 Å². The summed E-state index contributed by atoms with van der Waals surface area (Å²) in [6.45, 7) is 3.94. The van der Waals surface area contributed by atoms with E-state index in [9.17, 15) is 4.79 Å². The maximum Gasteiger partial charge on any atom is 0.262 e. The minimum atomic E-state index is -0.235. The fourth-order valence-electron chi connectivity index (χ4n) is 2.51. The van der Waals surface area contributed by atoms with Gasteiger partial charge in [-0.05, 0) is 26.0 Å². The minimum Gasteiger partial charge on any atom is -0.485 e. The number of para-hydroxylation sites is 1. The van der Waals surface area contributed by atoms with Crippen molar-refractivity contribution in [3.63, 3.8) is 0 Å². The number of carbonyl (C=O) groups excluding carboxylic acids is 1. The molecule has 6 heteroatoms. The fourth-order valence-corrected chi connectivity index (χ4v) is 2.72. The van der Waals surface area contributed by atoms with Crippen LogP contribution in [-0.2, 0) is 0 Å². The molecular formula is C16H13ClN2O3. The van der Waals surface area contributed by atoms with Crippen LogP contribution in [-0.4, -0.2) is 18.6 Å². The molecule has 0 aliphatic carbocycles. The van der Waals surface area contributed by atoms with Crippen LogP contribution in [0.5, 0.6) is 5.75 Å². The molecule has 112 valence electrons. The van der Waals surface area contributed by atoms with Gasteiger partial charge in [-0.15, -0.1) is 0 Å². The number of fused-ring (bicyclic) bond motifs is 1. The molecule has 1 aliphatic rings. The van der Waals surface area contributed by atoms with Crippen LogP contribution in [0.4, 0.5) is 5.69 Å². The van der Waals surface area contributed by atoms with Crippen molar-refractivity contribution >= 4 is 23.2 Å². The lowest BCUT2D eigenvalue weighted by molar-refractivity contribution is 0.0959. The van der Waals surface area contributed by atoms with E-state index in [0.717, 1.165) is 0 Å². The van der Waals surface area contributed by atoms with Crippen molar-refractivity contribution in [1.29, 1.82) is 5.26 Å². The van der Waals surface area contributed by atoms with Crippen LogP contribution >= 0.6 is 11.6 Å². The third kappa shape index (κ3) is 2.32. The molecule has 0 bridgehead atoms. The number of benzene rings is 1. The van der Waals surface area contributed by atoms with Gasteiger partial charge in [0.25, 0.3) is 5.91 Å². The summed E-state index contributed by atoms with van der Waals surface area (Å²) in [5.41, 5.74) is 0.992. The number of rotatable bonds is 1. The zero-order valence-corrected chi connectivity index (χ0v) is 12.8. The van der Waals surface area contributed by atoms with Crippen molar-refractivity contribution < 1.29 is 13.9 Å². The average molecular weight is 317 g/mol. The van der Waals surface area contributed by atoms with Gasteiger partial charge in [-0.2, -0.15) is 5.26 Å². The number of nitriles is 1. The Balaban J connectivity index is 2.05. The lowest BCUT2D eigenvalue weighted by atomic mass is 10.1. The van der Waals surface area contributed by atoms with E-state index in [1.165, 1.54) is 6.07 Å². The summed E-state index contributed by atoms with van der Waals surface area (Å²) >= 11 is 6.16. The highest BCUT2D eigenvalue weighted by Gasteiger charge is 2.31. The number of aryl methyl sites for hydroxylation is 1. The molecule has 0 fully saturated rings. The van der Waals surface area contributed by atoms with Crippen molar-refractivity contribution in [2.75, 3.05) is 11.4 Å². The highest BCUT2D eigenvalue weighted by Crippen LogP contribution is 2.40. The molecule has 1 unspecified atom stereocenters. The predicted molar refractivity (Wildman–Crippen MR) is 81.4 cm³/mol. The summed E-state index contributed by atoms with van der Waals surface area (Å²) in [5, 5.41) is 9.36. The van der Waals surface area contributed by atoms with E-state index in [1.54, 1.807) is 30.0 Å². The second-order valence-electron chi connectivity index (χ2n) is 5.12. The lowest BCUT2D eigenvalue weighted by Crippen LogP contribution is -2.42. The monoisotopic (exact) mass is 316 g/mol. The topological polar surface area (TPSA) is 66.5 Å². The summed E-state index contributed by atoms with van der Waals surface area (Å²) in [6, 6.07) is 8.63. The molecular weight excluding hydrogens is 304 g/mol. The molecule has 1 aromatic heterocycles. The quantitative estimate of drug-likeness (QED) is 0.807. The summed E-state index contributed by atoms with van der Waals surface area (Å²) < 4.78 is 11.0. The SMILES string of the molecule is Cc1oc(C#N)cc1C(=O)N1CC(C)Oc2c(Cl)cccc21. The van der Waals surface area contributed by atoms with E-state index in [1.807, 2.05) is 13.0 Å². The maximum atomic E-state index is 12.8. The largest absolute Gasteiger partial charge is 0.485 e. The normalized spacial score (nSPS) is 16.6. The molecule has 3 rings (SSSR count). The Hall–Kier alpha value is -2.45. The van der Waals surface area contributed by atoms with Crippen LogP contribution in [0.3, 0.4) is 0 Å². The van der Waals surface area contributed by atoms with E-state index in [2.05, 4.69) is 0 Å². The lowest BCUT2D eigenvalue weighted by Gasteiger charge is -2.33. The average Bonchev–Trinajstić information content (AvgIpc) is 2.88. The van der Waals surface area contributed by atoms with Gasteiger partial charge in [-0.25, -0.2) is 0 Å². The molecule has 1 aliphatic heterocycles. The number of ether oxygens (including phenoxy) is 1. The first-order valence-corrected chi connectivity index (χ1v) is 7.16. The maximum absolute atomic E-state index is 12.8. The first-order chi connectivity index (χ1) is 10.5. The number of anilines is 1. The Labute approximate surface area is 132 Å². The smallest absolute Gasteiger partial charge is 0.262 e. The highest BCUT2D eigenvalue weighted by atomic mass is 35.5. The number of carbonyl (C=O) groups is 1. The number of halogens is 1. The molecule has 0 saturated carbocycles. The summed E-state index contributed by atoms with van der Waals surface area (Å²) in [4.78, 5) is 14.4. The van der Waals surface area contributed by atoms with Gasteiger partial charge < -0.3 is 14.1 Å². The molecule has 22 heavy (non-hydrogen) atoms. The molecule has 1 amide bonds. The molecule has 5 nitrogen and oxygen atoms in total. The minimum absolute atomic E-state index is 0.119. The van der Waals surface area contributed by atoms with Gasteiger partial charge in [-0.3, -0.25) is 4.79 Å². The second kappa shape index (κ2) is 5.39. The Bertz CT molecular complexity index is 791. The molecule has 0 N–H and O–H groups in total. The van der Waals surface area contributed by atoms with Gasteiger partial charge in [0.05, 0.1) is 22.8 Å². The van der Waals surface area contributed by atoms with Crippen LogP contribution < -0.4 is 9.64 Å². The molecule has 1 atom stereocenters. The Morgan fingerprint density at radius 1 is 1.50 bits per heavy atom. The molecule has 1 aromatic carbocycles. The first kappa shape index (κ1) is 14.5.